The Morgan fingerprint density at radius 1 is 1.17 bits per heavy atom. The van der Waals surface area contributed by atoms with Crippen molar-refractivity contribution in [1.29, 1.82) is 5.26 Å². The van der Waals surface area contributed by atoms with Crippen LogP contribution in [-0.4, -0.2) is 18.2 Å². The molecule has 4 heteroatoms. The molecule has 0 bridgehead atoms. The lowest BCUT2D eigenvalue weighted by Gasteiger charge is -2.18. The summed E-state index contributed by atoms with van der Waals surface area (Å²) < 4.78 is 11.0. The Kier molecular flexibility index (Phi) is 2.45. The molecule has 0 atom stereocenters. The van der Waals surface area contributed by atoms with Crippen molar-refractivity contribution in [3.05, 3.63) is 35.5 Å². The highest BCUT2D eigenvalue weighted by atomic mass is 16.6. The number of ether oxygens (including phenoxy) is 2. The largest absolute Gasteiger partial charge is 0.486 e. The molecule has 1 N–H and O–H groups in total. The van der Waals surface area contributed by atoms with Gasteiger partial charge in [0.25, 0.3) is 0 Å². The number of aromatic amines is 1. The summed E-state index contributed by atoms with van der Waals surface area (Å²) in [5.74, 6) is 1.53. The highest BCUT2D eigenvalue weighted by Gasteiger charge is 2.13. The van der Waals surface area contributed by atoms with Crippen LogP contribution in [0.25, 0.3) is 11.3 Å². The van der Waals surface area contributed by atoms with Crippen molar-refractivity contribution in [2.45, 2.75) is 6.92 Å². The molecule has 1 aliphatic heterocycles. The molecule has 18 heavy (non-hydrogen) atoms. The van der Waals surface area contributed by atoms with Crippen molar-refractivity contribution in [3.63, 3.8) is 0 Å². The second kappa shape index (κ2) is 4.11. The van der Waals surface area contributed by atoms with Gasteiger partial charge in [0.15, 0.2) is 11.5 Å². The number of benzene rings is 1. The number of hydrogen-bond donors (Lipinski definition) is 1. The molecule has 0 fully saturated rings. The maximum Gasteiger partial charge on any atom is 0.162 e. The summed E-state index contributed by atoms with van der Waals surface area (Å²) in [7, 11) is 0. The van der Waals surface area contributed by atoms with E-state index in [1.54, 1.807) is 0 Å². The summed E-state index contributed by atoms with van der Waals surface area (Å²) in [5, 5.41) is 8.96. The second-order valence-corrected chi connectivity index (χ2v) is 4.19. The average molecular weight is 240 g/mol. The monoisotopic (exact) mass is 240 g/mol. The van der Waals surface area contributed by atoms with E-state index in [4.69, 9.17) is 14.7 Å². The van der Waals surface area contributed by atoms with Gasteiger partial charge in [0.2, 0.25) is 0 Å². The highest BCUT2D eigenvalue weighted by molar-refractivity contribution is 5.66. The summed E-state index contributed by atoms with van der Waals surface area (Å²) in [6, 6.07) is 9.79. The molecule has 2 heterocycles. The third-order valence-corrected chi connectivity index (χ3v) is 2.99. The first-order valence-electron chi connectivity index (χ1n) is 5.77. The van der Waals surface area contributed by atoms with Gasteiger partial charge in [0.1, 0.15) is 19.3 Å². The number of H-pyrrole nitrogens is 1. The molecule has 0 amide bonds. The van der Waals surface area contributed by atoms with Crippen LogP contribution < -0.4 is 9.47 Å². The summed E-state index contributed by atoms with van der Waals surface area (Å²) in [6.45, 7) is 3.05. The van der Waals surface area contributed by atoms with E-state index in [0.29, 0.717) is 18.8 Å². The number of hydrogen-bond acceptors (Lipinski definition) is 3. The first-order chi connectivity index (χ1) is 8.78. The minimum Gasteiger partial charge on any atom is -0.486 e. The number of aryl methyl sites for hydroxylation is 1. The zero-order chi connectivity index (χ0) is 12.5. The smallest absolute Gasteiger partial charge is 0.162 e. The number of aromatic nitrogens is 1. The Hall–Kier alpha value is -2.41. The van der Waals surface area contributed by atoms with E-state index in [-0.39, 0.29) is 0 Å². The molecule has 0 aliphatic carbocycles. The number of nitriles is 1. The van der Waals surface area contributed by atoms with Crippen LogP contribution in [0.3, 0.4) is 0 Å². The van der Waals surface area contributed by atoms with Crippen LogP contribution in [0.5, 0.6) is 11.5 Å². The minimum atomic E-state index is 0.573. The van der Waals surface area contributed by atoms with Crippen LogP contribution in [0.4, 0.5) is 0 Å². The standard InChI is InChI=1S/C14H12N2O2/c1-9-11(8-15)6-12(16-9)10-2-3-13-14(7-10)18-5-4-17-13/h2-3,6-7,16H,4-5H2,1H3. The Morgan fingerprint density at radius 3 is 2.67 bits per heavy atom. The van der Waals surface area contributed by atoms with Gasteiger partial charge < -0.3 is 14.5 Å². The lowest BCUT2D eigenvalue weighted by atomic mass is 10.1. The van der Waals surface area contributed by atoms with Crippen molar-refractivity contribution < 1.29 is 9.47 Å². The summed E-state index contributed by atoms with van der Waals surface area (Å²) >= 11 is 0. The summed E-state index contributed by atoms with van der Waals surface area (Å²) in [6.07, 6.45) is 0. The summed E-state index contributed by atoms with van der Waals surface area (Å²) in [4.78, 5) is 3.20. The van der Waals surface area contributed by atoms with Crippen LogP contribution in [0.15, 0.2) is 24.3 Å². The third kappa shape index (κ3) is 1.70. The van der Waals surface area contributed by atoms with Gasteiger partial charge in [-0.3, -0.25) is 0 Å². The van der Waals surface area contributed by atoms with E-state index in [2.05, 4.69) is 11.1 Å². The molecule has 1 aromatic heterocycles. The minimum absolute atomic E-state index is 0.573. The number of nitrogens with one attached hydrogen (secondary N) is 1. The fraction of sp³-hybridized carbons (Fsp3) is 0.214. The fourth-order valence-electron chi connectivity index (χ4n) is 2.04. The van der Waals surface area contributed by atoms with E-state index in [9.17, 15) is 0 Å². The predicted octanol–water partition coefficient (Wildman–Crippen LogP) is 2.63. The molecular weight excluding hydrogens is 228 g/mol. The Balaban J connectivity index is 2.04. The fourth-order valence-corrected chi connectivity index (χ4v) is 2.04. The number of rotatable bonds is 1. The molecule has 90 valence electrons. The van der Waals surface area contributed by atoms with Gasteiger partial charge in [-0.2, -0.15) is 5.26 Å². The zero-order valence-electron chi connectivity index (χ0n) is 9.99. The third-order valence-electron chi connectivity index (χ3n) is 2.99. The van der Waals surface area contributed by atoms with E-state index < -0.39 is 0 Å². The zero-order valence-corrected chi connectivity index (χ0v) is 9.99. The van der Waals surface area contributed by atoms with Crippen LogP contribution in [0.1, 0.15) is 11.3 Å². The predicted molar refractivity (Wildman–Crippen MR) is 66.7 cm³/mol. The van der Waals surface area contributed by atoms with Gasteiger partial charge in [-0.1, -0.05) is 0 Å². The average Bonchev–Trinajstić information content (AvgIpc) is 2.79. The maximum absolute atomic E-state index is 8.96. The molecule has 0 saturated carbocycles. The molecular formula is C14H12N2O2. The van der Waals surface area contributed by atoms with Gasteiger partial charge in [-0.15, -0.1) is 0 Å². The van der Waals surface area contributed by atoms with Gasteiger partial charge in [0, 0.05) is 17.0 Å². The Bertz CT molecular complexity index is 638. The molecule has 0 saturated heterocycles. The first kappa shape index (κ1) is 10.7. The molecule has 4 nitrogen and oxygen atoms in total. The number of fused-ring (bicyclic) bond motifs is 1. The molecule has 0 spiro atoms. The topological polar surface area (TPSA) is 58.0 Å². The van der Waals surface area contributed by atoms with Gasteiger partial charge in [0.05, 0.1) is 5.56 Å². The van der Waals surface area contributed by atoms with Gasteiger partial charge >= 0.3 is 0 Å². The van der Waals surface area contributed by atoms with Crippen molar-refractivity contribution in [2.75, 3.05) is 13.2 Å². The van der Waals surface area contributed by atoms with Gasteiger partial charge in [-0.05, 0) is 31.2 Å². The van der Waals surface area contributed by atoms with E-state index in [1.807, 2.05) is 31.2 Å². The molecule has 0 radical (unpaired) electrons. The summed E-state index contributed by atoms with van der Waals surface area (Å²) in [5.41, 5.74) is 3.45. The highest BCUT2D eigenvalue weighted by Crippen LogP contribution is 2.34. The van der Waals surface area contributed by atoms with E-state index in [0.717, 1.165) is 28.5 Å². The van der Waals surface area contributed by atoms with Crippen molar-refractivity contribution in [2.24, 2.45) is 0 Å². The maximum atomic E-state index is 8.96. The van der Waals surface area contributed by atoms with E-state index in [1.165, 1.54) is 0 Å². The van der Waals surface area contributed by atoms with Crippen molar-refractivity contribution in [1.82, 2.24) is 4.98 Å². The quantitative estimate of drug-likeness (QED) is 0.833. The number of nitrogens with zero attached hydrogens (tertiary/aromatic N) is 1. The molecule has 1 aromatic carbocycles. The van der Waals surface area contributed by atoms with Crippen LogP contribution in [-0.2, 0) is 0 Å². The normalized spacial score (nSPS) is 13.1. The molecule has 0 unspecified atom stereocenters. The second-order valence-electron chi connectivity index (χ2n) is 4.19. The van der Waals surface area contributed by atoms with Crippen molar-refractivity contribution in [3.8, 4) is 28.8 Å². The molecule has 1 aliphatic rings. The Labute approximate surface area is 105 Å². The molecule has 2 aromatic rings. The van der Waals surface area contributed by atoms with Crippen molar-refractivity contribution >= 4 is 0 Å². The van der Waals surface area contributed by atoms with E-state index >= 15 is 0 Å². The van der Waals surface area contributed by atoms with Gasteiger partial charge in [-0.25, -0.2) is 0 Å². The lowest BCUT2D eigenvalue weighted by Crippen LogP contribution is -2.15. The lowest BCUT2D eigenvalue weighted by molar-refractivity contribution is 0.171. The first-order valence-corrected chi connectivity index (χ1v) is 5.77. The Morgan fingerprint density at radius 2 is 1.94 bits per heavy atom. The van der Waals surface area contributed by atoms with Crippen LogP contribution in [0.2, 0.25) is 0 Å². The van der Waals surface area contributed by atoms with Crippen LogP contribution in [0, 0.1) is 18.3 Å². The van der Waals surface area contributed by atoms with Crippen LogP contribution >= 0.6 is 0 Å². The SMILES string of the molecule is Cc1[nH]c(-c2ccc3c(c2)OCCO3)cc1C#N. The molecule has 3 rings (SSSR count).